The van der Waals surface area contributed by atoms with Crippen LogP contribution < -0.4 is 9.47 Å². The highest BCUT2D eigenvalue weighted by molar-refractivity contribution is 7.89. The minimum Gasteiger partial charge on any atom is -0.493 e. The van der Waals surface area contributed by atoms with E-state index in [1.54, 1.807) is 49.5 Å². The normalized spacial score (nSPS) is 14.9. The zero-order chi connectivity index (χ0) is 24.8. The molecule has 4 rings (SSSR count). The van der Waals surface area contributed by atoms with Crippen LogP contribution in [0.5, 0.6) is 11.5 Å². The summed E-state index contributed by atoms with van der Waals surface area (Å²) in [6, 6.07) is 18.0. The Morgan fingerprint density at radius 3 is 2.34 bits per heavy atom. The van der Waals surface area contributed by atoms with Gasteiger partial charge in [0.2, 0.25) is 10.0 Å². The van der Waals surface area contributed by atoms with E-state index in [0.29, 0.717) is 11.5 Å². The molecule has 0 bridgehead atoms. The number of carbonyl (C=O) groups is 1. The molecule has 0 aliphatic carbocycles. The van der Waals surface area contributed by atoms with Crippen LogP contribution in [0.4, 0.5) is 0 Å². The fraction of sp³-hybridized carbons (Fsp3) is 0.280. The van der Waals surface area contributed by atoms with Crippen LogP contribution in [0.15, 0.2) is 70.7 Å². The summed E-state index contributed by atoms with van der Waals surface area (Å²) in [5.74, 6) is 0.906. The van der Waals surface area contributed by atoms with Gasteiger partial charge in [-0.05, 0) is 41.1 Å². The largest absolute Gasteiger partial charge is 0.493 e. The van der Waals surface area contributed by atoms with Crippen molar-refractivity contribution >= 4 is 32.9 Å². The molecule has 0 spiro atoms. The van der Waals surface area contributed by atoms with Gasteiger partial charge in [-0.2, -0.15) is 4.31 Å². The van der Waals surface area contributed by atoms with Gasteiger partial charge in [0, 0.05) is 31.7 Å². The zero-order valence-electron chi connectivity index (χ0n) is 19.6. The highest BCUT2D eigenvalue weighted by Crippen LogP contribution is 2.27. The molecule has 3 aromatic rings. The predicted octanol–water partition coefficient (Wildman–Crippen LogP) is 2.74. The number of benzene rings is 3. The number of carbonyl (C=O) groups excluding carboxylic acids is 1. The van der Waals surface area contributed by atoms with Crippen molar-refractivity contribution in [3.05, 3.63) is 66.2 Å². The third-order valence-electron chi connectivity index (χ3n) is 5.82. The molecular weight excluding hydrogens is 470 g/mol. The number of hydrogen-bond donors (Lipinski definition) is 0. The van der Waals surface area contributed by atoms with Crippen molar-refractivity contribution in [3.63, 3.8) is 0 Å². The molecule has 0 unspecified atom stereocenters. The zero-order valence-corrected chi connectivity index (χ0v) is 20.4. The van der Waals surface area contributed by atoms with Crippen molar-refractivity contribution in [2.24, 2.45) is 5.16 Å². The van der Waals surface area contributed by atoms with Crippen LogP contribution in [-0.2, 0) is 19.7 Å². The number of fused-ring (bicyclic) bond motifs is 1. The number of sulfonamides is 1. The Bertz CT molecular complexity index is 1330. The topological polar surface area (TPSA) is 97.7 Å². The highest BCUT2D eigenvalue weighted by atomic mass is 32.2. The SMILES string of the molecule is COc1ccc(/C=N/OCC(=O)N2CCN(S(=O)(=O)c3ccc4ccccc4c3)CC2)cc1OC. The lowest BCUT2D eigenvalue weighted by Crippen LogP contribution is -2.51. The molecule has 0 radical (unpaired) electrons. The maximum Gasteiger partial charge on any atom is 0.263 e. The van der Waals surface area contributed by atoms with Crippen molar-refractivity contribution in [2.45, 2.75) is 4.90 Å². The average Bonchev–Trinajstić information content (AvgIpc) is 2.90. The molecule has 184 valence electrons. The number of nitrogens with zero attached hydrogens (tertiary/aromatic N) is 3. The van der Waals surface area contributed by atoms with Crippen LogP contribution in [0, 0.1) is 0 Å². The number of piperazine rings is 1. The fourth-order valence-electron chi connectivity index (χ4n) is 3.87. The standard InChI is InChI=1S/C25H27N3O6S/c1-32-23-10-7-19(15-24(23)33-2)17-26-34-18-25(29)27-11-13-28(14-12-27)35(30,31)22-9-8-20-5-3-4-6-21(20)16-22/h3-10,15-17H,11-14,18H2,1-2H3/b26-17+. The van der Waals surface area contributed by atoms with Crippen LogP contribution in [0.1, 0.15) is 5.56 Å². The summed E-state index contributed by atoms with van der Waals surface area (Å²) in [7, 11) is -0.547. The van der Waals surface area contributed by atoms with Crippen LogP contribution in [-0.4, -0.2) is 76.8 Å². The van der Waals surface area contributed by atoms with Gasteiger partial charge < -0.3 is 19.2 Å². The van der Waals surface area contributed by atoms with E-state index in [-0.39, 0.29) is 43.6 Å². The highest BCUT2D eigenvalue weighted by Gasteiger charge is 2.30. The van der Waals surface area contributed by atoms with Gasteiger partial charge in [-0.3, -0.25) is 4.79 Å². The molecule has 1 saturated heterocycles. The van der Waals surface area contributed by atoms with Gasteiger partial charge in [0.1, 0.15) is 0 Å². The van der Waals surface area contributed by atoms with E-state index < -0.39 is 10.0 Å². The first kappa shape index (κ1) is 24.5. The molecule has 0 atom stereocenters. The van der Waals surface area contributed by atoms with Crippen molar-refractivity contribution in [3.8, 4) is 11.5 Å². The van der Waals surface area contributed by atoms with E-state index in [1.807, 2.05) is 30.3 Å². The second-order valence-electron chi connectivity index (χ2n) is 7.92. The quantitative estimate of drug-likeness (QED) is 0.351. The predicted molar refractivity (Wildman–Crippen MR) is 132 cm³/mol. The third-order valence-corrected chi connectivity index (χ3v) is 7.72. The minimum atomic E-state index is -3.64. The molecular formula is C25H27N3O6S. The molecule has 0 aromatic heterocycles. The van der Waals surface area contributed by atoms with E-state index in [2.05, 4.69) is 5.16 Å². The van der Waals surface area contributed by atoms with Gasteiger partial charge in [0.25, 0.3) is 5.91 Å². The first-order chi connectivity index (χ1) is 16.9. The molecule has 1 aliphatic heterocycles. The van der Waals surface area contributed by atoms with Gasteiger partial charge in [-0.25, -0.2) is 8.42 Å². The molecule has 1 amide bonds. The van der Waals surface area contributed by atoms with E-state index in [1.165, 1.54) is 10.5 Å². The average molecular weight is 498 g/mol. The molecule has 35 heavy (non-hydrogen) atoms. The van der Waals surface area contributed by atoms with Crippen LogP contribution in [0.2, 0.25) is 0 Å². The lowest BCUT2D eigenvalue weighted by molar-refractivity contribution is -0.137. The van der Waals surface area contributed by atoms with Crippen LogP contribution >= 0.6 is 0 Å². The maximum absolute atomic E-state index is 13.1. The molecule has 1 fully saturated rings. The number of rotatable bonds is 8. The van der Waals surface area contributed by atoms with Gasteiger partial charge >= 0.3 is 0 Å². The molecule has 1 aliphatic rings. The summed E-state index contributed by atoms with van der Waals surface area (Å²) in [6.45, 7) is 0.773. The number of hydrogen-bond acceptors (Lipinski definition) is 7. The van der Waals surface area contributed by atoms with Crippen molar-refractivity contribution < 1.29 is 27.5 Å². The molecule has 0 saturated carbocycles. The molecule has 9 nitrogen and oxygen atoms in total. The fourth-order valence-corrected chi connectivity index (χ4v) is 5.33. The lowest BCUT2D eigenvalue weighted by atomic mass is 10.1. The third kappa shape index (κ3) is 5.55. The Kier molecular flexibility index (Phi) is 7.52. The van der Waals surface area contributed by atoms with Crippen molar-refractivity contribution in [1.82, 2.24) is 9.21 Å². The van der Waals surface area contributed by atoms with Gasteiger partial charge in [0.05, 0.1) is 25.3 Å². The molecule has 3 aromatic carbocycles. The summed E-state index contributed by atoms with van der Waals surface area (Å²) in [6.07, 6.45) is 1.48. The smallest absolute Gasteiger partial charge is 0.263 e. The van der Waals surface area contributed by atoms with Gasteiger partial charge in [-0.15, -0.1) is 0 Å². The van der Waals surface area contributed by atoms with E-state index in [9.17, 15) is 13.2 Å². The molecule has 1 heterocycles. The van der Waals surface area contributed by atoms with Crippen molar-refractivity contribution in [2.75, 3.05) is 47.0 Å². The van der Waals surface area contributed by atoms with Gasteiger partial charge in [0.15, 0.2) is 18.1 Å². The first-order valence-corrected chi connectivity index (χ1v) is 12.5. The first-order valence-electron chi connectivity index (χ1n) is 11.1. The lowest BCUT2D eigenvalue weighted by Gasteiger charge is -2.33. The summed E-state index contributed by atoms with van der Waals surface area (Å²) < 4.78 is 38.1. The van der Waals surface area contributed by atoms with E-state index >= 15 is 0 Å². The Balaban J connectivity index is 1.29. The number of amides is 1. The molecule has 0 N–H and O–H groups in total. The maximum atomic E-state index is 13.1. The second kappa shape index (κ2) is 10.7. The van der Waals surface area contributed by atoms with E-state index in [0.717, 1.165) is 16.3 Å². The second-order valence-corrected chi connectivity index (χ2v) is 9.85. The Morgan fingerprint density at radius 2 is 1.63 bits per heavy atom. The van der Waals surface area contributed by atoms with Crippen LogP contribution in [0.25, 0.3) is 10.8 Å². The van der Waals surface area contributed by atoms with Gasteiger partial charge in [-0.1, -0.05) is 35.5 Å². The Labute approximate surface area is 204 Å². The van der Waals surface area contributed by atoms with Crippen LogP contribution in [0.3, 0.4) is 0 Å². The molecule has 10 heteroatoms. The number of ether oxygens (including phenoxy) is 2. The summed E-state index contributed by atoms with van der Waals surface area (Å²) >= 11 is 0. The van der Waals surface area contributed by atoms with Crippen molar-refractivity contribution in [1.29, 1.82) is 0 Å². The Morgan fingerprint density at radius 1 is 0.914 bits per heavy atom. The minimum absolute atomic E-state index is 0.218. The Hall–Kier alpha value is -3.63. The summed E-state index contributed by atoms with van der Waals surface area (Å²) in [5.41, 5.74) is 0.725. The van der Waals surface area contributed by atoms with E-state index in [4.69, 9.17) is 14.3 Å². The number of oxime groups is 1. The number of methoxy groups -OCH3 is 2. The summed E-state index contributed by atoms with van der Waals surface area (Å²) in [4.78, 5) is 19.5. The monoisotopic (exact) mass is 497 g/mol. The summed E-state index contributed by atoms with van der Waals surface area (Å²) in [5, 5.41) is 5.70.